The predicted molar refractivity (Wildman–Crippen MR) is 396 cm³/mol. The van der Waals surface area contributed by atoms with Gasteiger partial charge in [0.25, 0.3) is 0 Å². The van der Waals surface area contributed by atoms with Gasteiger partial charge in [0.2, 0.25) is 5.91 Å². The molecule has 0 aromatic heterocycles. The molecule has 21 heteroatoms. The van der Waals surface area contributed by atoms with Gasteiger partial charge >= 0.3 is 11.9 Å². The molecule has 1 fully saturated rings. The molecular formula is C81H133NO20. The number of carbonyl (C=O) groups is 6. The van der Waals surface area contributed by atoms with Gasteiger partial charge in [-0.25, -0.2) is 4.79 Å². The van der Waals surface area contributed by atoms with Crippen molar-refractivity contribution in [3.8, 4) is 0 Å². The van der Waals surface area contributed by atoms with Gasteiger partial charge in [0.15, 0.2) is 17.7 Å². The van der Waals surface area contributed by atoms with E-state index in [1.54, 1.807) is 92.7 Å². The molecule has 0 aromatic carbocycles. The lowest BCUT2D eigenvalue weighted by molar-refractivity contribution is -0.171. The predicted octanol–water partition coefficient (Wildman–Crippen LogP) is 9.15. The van der Waals surface area contributed by atoms with E-state index in [4.69, 9.17) is 9.47 Å². The number of aliphatic hydroxyl groups is 11. The number of carboxylic acid groups (broad SMARTS) is 1. The number of esters is 1. The fraction of sp³-hybridized carbons (Fsp3) is 0.728. The number of ketones is 3. The zero-order valence-electron chi connectivity index (χ0n) is 64.6. The summed E-state index contributed by atoms with van der Waals surface area (Å²) >= 11 is 0. The largest absolute Gasteiger partial charge is 0.479 e. The number of aliphatic carboxylic acids is 1. The van der Waals surface area contributed by atoms with E-state index in [-0.39, 0.29) is 86.2 Å². The highest BCUT2D eigenvalue weighted by molar-refractivity contribution is 5.95. The SMILES string of the molecule is C/C1=C\CC(C(C)C(O)C(NC(=O)C(C)C(O)CCC(C)C(O)/C(C)=C/C(C)(C)C(O)C(CC(=O)/C=C/C(C)(C)C(=O)C(C)C(O)C(C)C)CC(C)C)C(C)O)OC(=O)C(C(O)C(=O)O)CC(=O)/C=C/C=C/CC/C=C/C=C/C(CO)C2CC(C)CC(CC(O)C(C)C(O)/C(C)=C/C(C)C1O)O2. The van der Waals surface area contributed by atoms with Gasteiger partial charge in [-0.05, 0) is 151 Å². The molecule has 102 heavy (non-hydrogen) atoms. The van der Waals surface area contributed by atoms with Crippen molar-refractivity contribution in [3.63, 3.8) is 0 Å². The summed E-state index contributed by atoms with van der Waals surface area (Å²) in [6, 6.07) is -1.49. The minimum absolute atomic E-state index is 0.00613. The van der Waals surface area contributed by atoms with Crippen molar-refractivity contribution in [1.29, 1.82) is 0 Å². The molecule has 582 valence electrons. The van der Waals surface area contributed by atoms with Crippen LogP contribution in [0.5, 0.6) is 0 Å². The number of hydrogen-bond donors (Lipinski definition) is 13. The third-order valence-electron chi connectivity index (χ3n) is 21.1. The lowest BCUT2D eigenvalue weighted by Crippen LogP contribution is -2.56. The van der Waals surface area contributed by atoms with Crippen molar-refractivity contribution in [2.75, 3.05) is 6.61 Å². The van der Waals surface area contributed by atoms with Crippen molar-refractivity contribution >= 4 is 35.2 Å². The number of hydrogen-bond acceptors (Lipinski definition) is 19. The second-order valence-electron chi connectivity index (χ2n) is 32.1. The second kappa shape index (κ2) is 44.1. The number of nitrogens with one attached hydrogen (secondary N) is 1. The first-order valence-electron chi connectivity index (χ1n) is 37.1. The Kier molecular flexibility index (Phi) is 40.2. The standard InChI is InChI=1S/C81H133NO20/c1-45(2)36-59(40-61(86)34-35-80(16,17)75(95)56(14)69(89)46(3)4)76(96)81(18,19)43-52(10)71(91)48(6)30-32-64(87)54(12)77(97)82-68(57(15)84)73(93)55(13)66-33-31-49(7)70(90)50(8)39-51(9)72(92)53(11)65(88)42-62-37-47(5)38-67(101-62)58(44-83)28-26-24-22-20-21-23-25-27-29-60(85)41-63(79(100)102-66)74(94)78(98)99/h22-29,31,34-35,39,43,45-48,50,53-59,62-74,76,83-84,87-94,96H,20-21,30,32-33,36-38,40-42,44H2,1-19H3,(H,82,97)(H,98,99)/b24-22+,25-23+,28-26+,29-27+,35-34+,49-31+,51-39+,52-43+. The van der Waals surface area contributed by atoms with E-state index in [1.165, 1.54) is 39.0 Å². The van der Waals surface area contributed by atoms with Gasteiger partial charge in [-0.3, -0.25) is 24.0 Å². The summed E-state index contributed by atoms with van der Waals surface area (Å²) in [5.74, 6) is -12.5. The first kappa shape index (κ1) is 92.9. The van der Waals surface area contributed by atoms with Crippen molar-refractivity contribution < 1.29 is 99.5 Å². The van der Waals surface area contributed by atoms with Crippen molar-refractivity contribution in [1.82, 2.24) is 5.32 Å². The quantitative estimate of drug-likeness (QED) is 0.0197. The highest BCUT2D eigenvalue weighted by Crippen LogP contribution is 2.38. The topological polar surface area (TPSA) is 376 Å². The van der Waals surface area contributed by atoms with E-state index in [1.807, 2.05) is 65.8 Å². The number of carboxylic acids is 1. The minimum atomic E-state index is -2.43. The Morgan fingerprint density at radius 2 is 1.37 bits per heavy atom. The average molecular weight is 1440 g/mol. The Balaban J connectivity index is 2.47. The van der Waals surface area contributed by atoms with Gasteiger partial charge in [-0.15, -0.1) is 0 Å². The lowest BCUT2D eigenvalue weighted by Gasteiger charge is -2.38. The third-order valence-corrected chi connectivity index (χ3v) is 21.1. The van der Waals surface area contributed by atoms with E-state index < -0.39 is 161 Å². The summed E-state index contributed by atoms with van der Waals surface area (Å²) in [5, 5.41) is 138. The number of rotatable bonds is 28. The normalized spacial score (nSPS) is 30.5. The number of amides is 1. The van der Waals surface area contributed by atoms with Crippen LogP contribution in [-0.4, -0.2) is 188 Å². The Hall–Kier alpha value is -5.14. The third kappa shape index (κ3) is 30.0. The highest BCUT2D eigenvalue weighted by atomic mass is 16.5. The molecule has 24 unspecified atom stereocenters. The number of fused-ring (bicyclic) bond motifs is 2. The monoisotopic (exact) mass is 1440 g/mol. The summed E-state index contributed by atoms with van der Waals surface area (Å²) in [4.78, 5) is 80.9. The second-order valence-corrected chi connectivity index (χ2v) is 32.1. The molecule has 0 radical (unpaired) electrons. The Morgan fingerprint density at radius 3 is 1.94 bits per heavy atom. The molecule has 2 bridgehead atoms. The van der Waals surface area contributed by atoms with Gasteiger partial charge in [0, 0.05) is 59.7 Å². The van der Waals surface area contributed by atoms with E-state index in [9.17, 15) is 90.0 Å². The molecule has 13 N–H and O–H groups in total. The molecule has 2 heterocycles. The summed E-state index contributed by atoms with van der Waals surface area (Å²) in [7, 11) is 0. The molecule has 0 aromatic rings. The number of carbonyl (C=O) groups excluding carboxylic acids is 5. The van der Waals surface area contributed by atoms with Crippen molar-refractivity contribution in [2.24, 2.45) is 81.8 Å². The van der Waals surface area contributed by atoms with Gasteiger partial charge in [0.05, 0.1) is 85.7 Å². The van der Waals surface area contributed by atoms with Gasteiger partial charge < -0.3 is 76.1 Å². The zero-order valence-corrected chi connectivity index (χ0v) is 64.6. The van der Waals surface area contributed by atoms with Crippen molar-refractivity contribution in [2.45, 2.75) is 288 Å². The van der Waals surface area contributed by atoms with E-state index in [0.29, 0.717) is 48.8 Å². The molecule has 2 aliphatic heterocycles. The van der Waals surface area contributed by atoms with Crippen LogP contribution < -0.4 is 5.32 Å². The molecule has 0 spiro atoms. The van der Waals surface area contributed by atoms with Crippen molar-refractivity contribution in [3.05, 3.63) is 95.7 Å². The first-order chi connectivity index (χ1) is 47.3. The van der Waals surface area contributed by atoms with Crippen LogP contribution in [0.3, 0.4) is 0 Å². The van der Waals surface area contributed by atoms with Crippen LogP contribution in [-0.2, 0) is 38.2 Å². The van der Waals surface area contributed by atoms with E-state index in [0.717, 1.165) is 6.08 Å². The lowest BCUT2D eigenvalue weighted by atomic mass is 9.73. The molecular weight excluding hydrogens is 1310 g/mol. The van der Waals surface area contributed by atoms with Crippen LogP contribution in [0.25, 0.3) is 0 Å². The number of aliphatic hydroxyl groups excluding tert-OH is 11. The molecule has 1 amide bonds. The Morgan fingerprint density at radius 1 is 0.765 bits per heavy atom. The summed E-state index contributed by atoms with van der Waals surface area (Å²) in [6.07, 6.45) is 8.45. The molecule has 2 rings (SSSR count). The zero-order chi connectivity index (χ0) is 78.0. The maximum atomic E-state index is 14.3. The summed E-state index contributed by atoms with van der Waals surface area (Å²) in [6.45, 7) is 32.7. The summed E-state index contributed by atoms with van der Waals surface area (Å²) < 4.78 is 12.4. The van der Waals surface area contributed by atoms with Gasteiger partial charge in [-0.2, -0.15) is 0 Å². The number of cyclic esters (lactones) is 1. The van der Waals surface area contributed by atoms with Crippen LogP contribution in [0.1, 0.15) is 202 Å². The van der Waals surface area contributed by atoms with Crippen LogP contribution in [0, 0.1) is 81.8 Å². The molecule has 24 atom stereocenters. The molecule has 1 saturated heterocycles. The molecule has 2 aliphatic rings. The smallest absolute Gasteiger partial charge is 0.333 e. The minimum Gasteiger partial charge on any atom is -0.479 e. The maximum Gasteiger partial charge on any atom is 0.333 e. The average Bonchev–Trinajstić information content (AvgIpc) is 0.853. The van der Waals surface area contributed by atoms with Crippen LogP contribution in [0.2, 0.25) is 0 Å². The van der Waals surface area contributed by atoms with Crippen LogP contribution in [0.4, 0.5) is 0 Å². The fourth-order valence-electron chi connectivity index (χ4n) is 14.0. The van der Waals surface area contributed by atoms with Gasteiger partial charge in [-0.1, -0.05) is 157 Å². The molecule has 0 aliphatic carbocycles. The fourth-order valence-corrected chi connectivity index (χ4v) is 14.0. The van der Waals surface area contributed by atoms with E-state index in [2.05, 4.69) is 12.2 Å². The summed E-state index contributed by atoms with van der Waals surface area (Å²) in [5.41, 5.74) is -0.656. The van der Waals surface area contributed by atoms with Crippen LogP contribution in [0.15, 0.2) is 95.7 Å². The van der Waals surface area contributed by atoms with E-state index >= 15 is 0 Å². The number of allylic oxidation sites excluding steroid dienone is 9. The van der Waals surface area contributed by atoms with Crippen LogP contribution >= 0.6 is 0 Å². The maximum absolute atomic E-state index is 14.3. The highest BCUT2D eigenvalue weighted by Gasteiger charge is 2.43. The van der Waals surface area contributed by atoms with Gasteiger partial charge in [0.1, 0.15) is 17.8 Å². The molecule has 0 saturated carbocycles. The molecule has 21 nitrogen and oxygen atoms in total. The first-order valence-corrected chi connectivity index (χ1v) is 37.1. The number of Topliss-reactive ketones (excluding diaryl/α,β-unsaturated/α-hetero) is 1. The Labute approximate surface area is 609 Å². The Bertz CT molecular complexity index is 2880. The number of ether oxygens (including phenoxy) is 2.